The number of hydrogen-bond acceptors (Lipinski definition) is 5. The fourth-order valence-electron chi connectivity index (χ4n) is 2.89. The Labute approximate surface area is 165 Å². The van der Waals surface area contributed by atoms with Gasteiger partial charge in [0.25, 0.3) is 0 Å². The number of hydrogen-bond donors (Lipinski definition) is 0. The van der Waals surface area contributed by atoms with E-state index in [0.717, 1.165) is 27.7 Å². The number of thioether (sulfide) groups is 1. The molecule has 0 amide bonds. The summed E-state index contributed by atoms with van der Waals surface area (Å²) in [6.45, 7) is 2.28. The molecule has 0 aliphatic rings. The highest BCUT2D eigenvalue weighted by Gasteiger charge is 2.14. The van der Waals surface area contributed by atoms with Crippen molar-refractivity contribution in [3.8, 4) is 0 Å². The molecule has 0 bridgehead atoms. The number of halogens is 1. The molecule has 0 saturated carbocycles. The van der Waals surface area contributed by atoms with Crippen LogP contribution in [-0.2, 0) is 16.1 Å². The van der Waals surface area contributed by atoms with Crippen LogP contribution in [0, 0.1) is 6.92 Å². The van der Waals surface area contributed by atoms with Crippen molar-refractivity contribution < 1.29 is 9.53 Å². The molecule has 0 aliphatic carbocycles. The molecule has 7 heteroatoms. The molecule has 0 spiro atoms. The first-order valence-electron chi connectivity index (χ1n) is 8.38. The average molecular weight is 398 g/mol. The van der Waals surface area contributed by atoms with Gasteiger partial charge in [-0.05, 0) is 42.3 Å². The maximum absolute atomic E-state index is 12.1. The lowest BCUT2D eigenvalue weighted by atomic mass is 10.1. The first-order valence-corrected chi connectivity index (χ1v) is 9.74. The molecule has 2 aromatic heterocycles. The molecule has 0 N–H and O–H groups in total. The lowest BCUT2D eigenvalue weighted by Gasteiger charge is -2.08. The van der Waals surface area contributed by atoms with Crippen LogP contribution in [0.2, 0.25) is 5.02 Å². The molecule has 0 fully saturated rings. The van der Waals surface area contributed by atoms with Crippen molar-refractivity contribution in [2.45, 2.75) is 18.7 Å². The van der Waals surface area contributed by atoms with Crippen molar-refractivity contribution >= 4 is 45.9 Å². The highest BCUT2D eigenvalue weighted by Crippen LogP contribution is 2.27. The Balaban J connectivity index is 1.53. The highest BCUT2D eigenvalue weighted by atomic mass is 35.5. The van der Waals surface area contributed by atoms with E-state index in [9.17, 15) is 4.79 Å². The molecule has 0 atom stereocenters. The van der Waals surface area contributed by atoms with E-state index in [1.165, 1.54) is 11.8 Å². The minimum Gasteiger partial charge on any atom is -0.460 e. The van der Waals surface area contributed by atoms with Crippen molar-refractivity contribution in [2.75, 3.05) is 5.75 Å². The molecule has 2 aromatic carbocycles. The van der Waals surface area contributed by atoms with Crippen molar-refractivity contribution in [1.82, 2.24) is 14.6 Å². The zero-order chi connectivity index (χ0) is 18.8. The molecule has 0 radical (unpaired) electrons. The van der Waals surface area contributed by atoms with Crippen LogP contribution >= 0.6 is 23.4 Å². The quantitative estimate of drug-likeness (QED) is 0.361. The lowest BCUT2D eigenvalue weighted by Crippen LogP contribution is -2.07. The van der Waals surface area contributed by atoms with E-state index in [1.807, 2.05) is 65.9 Å². The van der Waals surface area contributed by atoms with Crippen LogP contribution in [0.1, 0.15) is 11.1 Å². The minimum atomic E-state index is -0.292. The summed E-state index contributed by atoms with van der Waals surface area (Å²) in [7, 11) is 0. The number of nitrogens with zero attached hydrogens (tertiary/aromatic N) is 3. The summed E-state index contributed by atoms with van der Waals surface area (Å²) in [5, 5.41) is 10.8. The van der Waals surface area contributed by atoms with E-state index in [1.54, 1.807) is 0 Å². The Morgan fingerprint density at radius 3 is 2.78 bits per heavy atom. The van der Waals surface area contributed by atoms with Gasteiger partial charge in [-0.15, -0.1) is 10.2 Å². The highest BCUT2D eigenvalue weighted by molar-refractivity contribution is 7.99. The molecule has 4 aromatic rings. The number of pyridine rings is 1. The lowest BCUT2D eigenvalue weighted by molar-refractivity contribution is -0.141. The molecule has 0 unspecified atom stereocenters. The fraction of sp³-hybridized carbons (Fsp3) is 0.150. The van der Waals surface area contributed by atoms with Gasteiger partial charge < -0.3 is 4.74 Å². The van der Waals surface area contributed by atoms with Gasteiger partial charge in [-0.25, -0.2) is 0 Å². The van der Waals surface area contributed by atoms with Crippen molar-refractivity contribution in [1.29, 1.82) is 0 Å². The summed E-state index contributed by atoms with van der Waals surface area (Å²) in [6, 6.07) is 17.3. The van der Waals surface area contributed by atoms with Gasteiger partial charge in [0.05, 0.1) is 11.3 Å². The molecule has 5 nitrogen and oxygen atoms in total. The summed E-state index contributed by atoms with van der Waals surface area (Å²) >= 11 is 7.44. The minimum absolute atomic E-state index is 0.163. The molecule has 0 saturated heterocycles. The van der Waals surface area contributed by atoms with Gasteiger partial charge in [-0.3, -0.25) is 9.20 Å². The van der Waals surface area contributed by atoms with E-state index in [4.69, 9.17) is 16.3 Å². The number of aromatic nitrogens is 3. The summed E-state index contributed by atoms with van der Waals surface area (Å²) in [6.07, 6.45) is 0. The zero-order valence-electron chi connectivity index (χ0n) is 14.6. The monoisotopic (exact) mass is 397 g/mol. The SMILES string of the molecule is Cc1cc2nnc(SCC(=O)OCc3ccccc3)n2c2ccc(Cl)cc12. The second-order valence-corrected chi connectivity index (χ2v) is 7.48. The molecule has 4 rings (SSSR count). The van der Waals surface area contributed by atoms with Crippen LogP contribution in [0.15, 0.2) is 59.8 Å². The largest absolute Gasteiger partial charge is 0.460 e. The Bertz CT molecular complexity index is 1130. The molecule has 27 heavy (non-hydrogen) atoms. The maximum atomic E-state index is 12.1. The summed E-state index contributed by atoms with van der Waals surface area (Å²) in [5.74, 6) is -0.128. The number of rotatable bonds is 5. The van der Waals surface area contributed by atoms with Crippen LogP contribution in [0.5, 0.6) is 0 Å². The predicted molar refractivity (Wildman–Crippen MR) is 107 cm³/mol. The van der Waals surface area contributed by atoms with Crippen LogP contribution in [0.25, 0.3) is 16.6 Å². The standard InChI is InChI=1S/C20H16ClN3O2S/c1-13-9-18-22-23-20(24(18)17-8-7-15(21)10-16(13)17)27-12-19(25)26-11-14-5-3-2-4-6-14/h2-10H,11-12H2,1H3. The van der Waals surface area contributed by atoms with Gasteiger partial charge in [-0.1, -0.05) is 53.7 Å². The van der Waals surface area contributed by atoms with Crippen LogP contribution in [0.3, 0.4) is 0 Å². The summed E-state index contributed by atoms with van der Waals surface area (Å²) in [5.41, 5.74) is 3.73. The Hall–Kier alpha value is -2.57. The molecule has 2 heterocycles. The van der Waals surface area contributed by atoms with E-state index in [0.29, 0.717) is 10.2 Å². The Morgan fingerprint density at radius 1 is 1.15 bits per heavy atom. The predicted octanol–water partition coefficient (Wildman–Crippen LogP) is 4.68. The maximum Gasteiger partial charge on any atom is 0.316 e. The summed E-state index contributed by atoms with van der Waals surface area (Å²) < 4.78 is 7.26. The van der Waals surface area contributed by atoms with Gasteiger partial charge in [0.2, 0.25) is 0 Å². The first-order chi connectivity index (χ1) is 13.1. The third kappa shape index (κ3) is 3.77. The third-order valence-corrected chi connectivity index (χ3v) is 5.33. The van der Waals surface area contributed by atoms with Gasteiger partial charge in [0, 0.05) is 10.4 Å². The molecule has 136 valence electrons. The van der Waals surface area contributed by atoms with Gasteiger partial charge in [0.1, 0.15) is 6.61 Å². The number of carbonyl (C=O) groups excluding carboxylic acids is 1. The molecular weight excluding hydrogens is 382 g/mol. The molecular formula is C20H16ClN3O2S. The van der Waals surface area contributed by atoms with Gasteiger partial charge >= 0.3 is 5.97 Å². The van der Waals surface area contributed by atoms with Crippen LogP contribution in [-0.4, -0.2) is 26.3 Å². The second-order valence-electron chi connectivity index (χ2n) is 6.10. The third-order valence-electron chi connectivity index (χ3n) is 4.19. The first kappa shape index (κ1) is 17.8. The van der Waals surface area contributed by atoms with Crippen molar-refractivity contribution in [2.24, 2.45) is 0 Å². The van der Waals surface area contributed by atoms with E-state index >= 15 is 0 Å². The Morgan fingerprint density at radius 2 is 1.96 bits per heavy atom. The normalized spacial score (nSPS) is 11.2. The van der Waals surface area contributed by atoms with Gasteiger partial charge in [-0.2, -0.15) is 0 Å². The van der Waals surface area contributed by atoms with E-state index in [-0.39, 0.29) is 18.3 Å². The average Bonchev–Trinajstić information content (AvgIpc) is 3.08. The zero-order valence-corrected chi connectivity index (χ0v) is 16.1. The number of fused-ring (bicyclic) bond motifs is 3. The van der Waals surface area contributed by atoms with Crippen LogP contribution < -0.4 is 0 Å². The number of carbonyl (C=O) groups is 1. The number of aryl methyl sites for hydroxylation is 1. The molecule has 0 aliphatic heterocycles. The van der Waals surface area contributed by atoms with Crippen molar-refractivity contribution in [3.63, 3.8) is 0 Å². The Kier molecular flexibility index (Phi) is 5.01. The summed E-state index contributed by atoms with van der Waals surface area (Å²) in [4.78, 5) is 12.1. The van der Waals surface area contributed by atoms with E-state index in [2.05, 4.69) is 10.2 Å². The smallest absolute Gasteiger partial charge is 0.316 e. The topological polar surface area (TPSA) is 56.5 Å². The fourth-order valence-corrected chi connectivity index (χ4v) is 3.81. The van der Waals surface area contributed by atoms with E-state index < -0.39 is 0 Å². The number of ether oxygens (including phenoxy) is 1. The van der Waals surface area contributed by atoms with Crippen molar-refractivity contribution in [3.05, 3.63) is 70.7 Å². The number of esters is 1. The van der Waals surface area contributed by atoms with Crippen LogP contribution in [0.4, 0.5) is 0 Å². The second kappa shape index (κ2) is 7.58. The number of benzene rings is 2. The van der Waals surface area contributed by atoms with Gasteiger partial charge in [0.15, 0.2) is 10.8 Å².